The van der Waals surface area contributed by atoms with Crippen molar-refractivity contribution in [2.24, 2.45) is 5.92 Å². The molecule has 4 atom stereocenters. The van der Waals surface area contributed by atoms with E-state index in [1.807, 2.05) is 66.6 Å². The van der Waals surface area contributed by atoms with Gasteiger partial charge in [0.25, 0.3) is 0 Å². The molecule has 192 valence electrons. The molecule has 3 aliphatic rings. The summed E-state index contributed by atoms with van der Waals surface area (Å²) in [6.45, 7) is 4.07. The number of hydrogen-bond acceptors (Lipinski definition) is 6. The number of nitrogens with one attached hydrogen (secondary N) is 1. The lowest BCUT2D eigenvalue weighted by molar-refractivity contribution is -0.121. The van der Waals surface area contributed by atoms with Crippen molar-refractivity contribution in [1.82, 2.24) is 4.98 Å². The molecule has 0 aliphatic carbocycles. The number of carbonyl (C=O) groups excluding carboxylic acids is 3. The van der Waals surface area contributed by atoms with Gasteiger partial charge in [-0.15, -0.1) is 11.3 Å². The van der Waals surface area contributed by atoms with Crippen LogP contribution >= 0.6 is 11.3 Å². The Morgan fingerprint density at radius 3 is 2.56 bits per heavy atom. The topological polar surface area (TPSA) is 79.4 Å². The van der Waals surface area contributed by atoms with Gasteiger partial charge in [0.15, 0.2) is 11.6 Å². The summed E-state index contributed by atoms with van der Waals surface area (Å²) in [4.78, 5) is 50.4. The summed E-state index contributed by atoms with van der Waals surface area (Å²) in [5.74, 6) is -1.76. The molecule has 1 saturated heterocycles. The summed E-state index contributed by atoms with van der Waals surface area (Å²) in [7, 11) is 0. The van der Waals surface area contributed by atoms with E-state index < -0.39 is 23.4 Å². The number of amides is 1. The molecule has 0 bridgehead atoms. The first-order valence-corrected chi connectivity index (χ1v) is 13.8. The van der Waals surface area contributed by atoms with Crippen LogP contribution in [0, 0.1) is 12.8 Å². The molecular weight excluding hydrogens is 506 g/mol. The molecule has 0 radical (unpaired) electrons. The van der Waals surface area contributed by atoms with Gasteiger partial charge in [0, 0.05) is 23.1 Å². The number of pyridine rings is 1. The Balaban J connectivity index is 1.57. The number of allylic oxidation sites excluding steroid dienone is 1. The summed E-state index contributed by atoms with van der Waals surface area (Å²) in [6.07, 6.45) is 3.65. The standard InChI is InChI=1S/C32H25N3O3S/c1-18-12-13-24-20(16-18)19(2)17-26-32(21-8-3-4-9-22(21)34-31(32)38)27(29(36)23-10-5-6-14-33-23)28(35(24)26)30(37)25-11-7-15-39-25/h3-17,26-28H,1-2H3,(H,34,38)/t26-,27+,28-,32-/m0/s1. The molecular formula is C32H25N3O3S. The summed E-state index contributed by atoms with van der Waals surface area (Å²) in [5, 5.41) is 4.93. The first-order valence-electron chi connectivity index (χ1n) is 12.9. The molecule has 4 aromatic rings. The Morgan fingerprint density at radius 1 is 0.974 bits per heavy atom. The predicted octanol–water partition coefficient (Wildman–Crippen LogP) is 5.70. The maximum absolute atomic E-state index is 14.6. The predicted molar refractivity (Wildman–Crippen MR) is 152 cm³/mol. The zero-order valence-corrected chi connectivity index (χ0v) is 22.2. The maximum Gasteiger partial charge on any atom is 0.238 e. The van der Waals surface area contributed by atoms with Crippen LogP contribution < -0.4 is 10.2 Å². The summed E-state index contributed by atoms with van der Waals surface area (Å²) >= 11 is 1.35. The molecule has 0 unspecified atom stereocenters. The highest BCUT2D eigenvalue weighted by Gasteiger charge is 2.70. The van der Waals surface area contributed by atoms with Gasteiger partial charge in [0.05, 0.1) is 16.8 Å². The van der Waals surface area contributed by atoms with Crippen LogP contribution in [0.3, 0.4) is 0 Å². The van der Waals surface area contributed by atoms with Gasteiger partial charge in [-0.1, -0.05) is 48.0 Å². The lowest BCUT2D eigenvalue weighted by Crippen LogP contribution is -2.51. The number of rotatable bonds is 4. The molecule has 6 nitrogen and oxygen atoms in total. The van der Waals surface area contributed by atoms with Crippen molar-refractivity contribution < 1.29 is 14.4 Å². The maximum atomic E-state index is 14.6. The molecule has 2 aromatic heterocycles. The van der Waals surface area contributed by atoms with Crippen LogP contribution in [0.25, 0.3) is 5.57 Å². The molecule has 5 heterocycles. The number of para-hydroxylation sites is 1. The number of thiophene rings is 1. The van der Waals surface area contributed by atoms with Crippen molar-refractivity contribution in [2.45, 2.75) is 31.3 Å². The van der Waals surface area contributed by atoms with Crippen molar-refractivity contribution in [1.29, 1.82) is 0 Å². The van der Waals surface area contributed by atoms with E-state index in [0.29, 0.717) is 10.6 Å². The Hall–Kier alpha value is -4.36. The van der Waals surface area contributed by atoms with Crippen LogP contribution in [0.2, 0.25) is 0 Å². The van der Waals surface area contributed by atoms with Crippen molar-refractivity contribution in [2.75, 3.05) is 10.2 Å². The van der Waals surface area contributed by atoms with Crippen molar-refractivity contribution in [3.05, 3.63) is 118 Å². The molecule has 1 amide bonds. The third kappa shape index (κ3) is 3.20. The fourth-order valence-corrected chi connectivity index (χ4v) is 7.48. The number of hydrogen-bond donors (Lipinski definition) is 1. The lowest BCUT2D eigenvalue weighted by Gasteiger charge is -2.39. The molecule has 39 heavy (non-hydrogen) atoms. The molecule has 7 heteroatoms. The Morgan fingerprint density at radius 2 is 1.79 bits per heavy atom. The van der Waals surface area contributed by atoms with Crippen LogP contribution in [0.15, 0.2) is 90.4 Å². The molecule has 1 spiro atoms. The monoisotopic (exact) mass is 531 g/mol. The highest BCUT2D eigenvalue weighted by atomic mass is 32.1. The molecule has 1 fully saturated rings. The first kappa shape index (κ1) is 23.7. The second-order valence-electron chi connectivity index (χ2n) is 10.4. The van der Waals surface area contributed by atoms with E-state index in [1.165, 1.54) is 11.3 Å². The van der Waals surface area contributed by atoms with E-state index in [1.54, 1.807) is 30.5 Å². The van der Waals surface area contributed by atoms with Gasteiger partial charge >= 0.3 is 0 Å². The number of ketones is 2. The van der Waals surface area contributed by atoms with Gasteiger partial charge in [-0.3, -0.25) is 19.4 Å². The normalized spacial score (nSPS) is 24.6. The van der Waals surface area contributed by atoms with Crippen LogP contribution in [0.4, 0.5) is 11.4 Å². The minimum atomic E-state index is -1.33. The van der Waals surface area contributed by atoms with E-state index in [0.717, 1.165) is 28.0 Å². The van der Waals surface area contributed by atoms with Gasteiger partial charge in [0.2, 0.25) is 5.91 Å². The Kier molecular flexibility index (Phi) is 5.22. The van der Waals surface area contributed by atoms with Gasteiger partial charge < -0.3 is 10.2 Å². The summed E-state index contributed by atoms with van der Waals surface area (Å²) in [6, 6.07) is 21.0. The number of Topliss-reactive ketones (excluding diaryl/α,β-unsaturated/α-hetero) is 2. The highest BCUT2D eigenvalue weighted by Crippen LogP contribution is 2.58. The van der Waals surface area contributed by atoms with Crippen LogP contribution in [-0.2, 0) is 10.2 Å². The van der Waals surface area contributed by atoms with Crippen molar-refractivity contribution in [3.8, 4) is 0 Å². The fourth-order valence-electron chi connectivity index (χ4n) is 6.78. The zero-order chi connectivity index (χ0) is 26.9. The van der Waals surface area contributed by atoms with Crippen molar-refractivity contribution in [3.63, 3.8) is 0 Å². The molecule has 0 saturated carbocycles. The zero-order valence-electron chi connectivity index (χ0n) is 21.4. The van der Waals surface area contributed by atoms with Gasteiger partial charge in [0.1, 0.15) is 17.2 Å². The van der Waals surface area contributed by atoms with Crippen LogP contribution in [-0.4, -0.2) is 34.5 Å². The van der Waals surface area contributed by atoms with Gasteiger partial charge in [-0.05, 0) is 66.8 Å². The number of anilines is 2. The number of fused-ring (bicyclic) bond motifs is 6. The summed E-state index contributed by atoms with van der Waals surface area (Å²) < 4.78 is 0. The van der Waals surface area contributed by atoms with Gasteiger partial charge in [-0.2, -0.15) is 0 Å². The van der Waals surface area contributed by atoms with Gasteiger partial charge in [-0.25, -0.2) is 0 Å². The highest BCUT2D eigenvalue weighted by molar-refractivity contribution is 7.12. The molecule has 1 N–H and O–H groups in total. The largest absolute Gasteiger partial charge is 0.352 e. The van der Waals surface area contributed by atoms with E-state index >= 15 is 0 Å². The average Bonchev–Trinajstić information content (AvgIpc) is 3.66. The van der Waals surface area contributed by atoms with Crippen LogP contribution in [0.1, 0.15) is 43.8 Å². The fraction of sp³-hybridized carbons (Fsp3) is 0.188. The van der Waals surface area contributed by atoms with Crippen molar-refractivity contribution >= 4 is 45.8 Å². The first-order chi connectivity index (χ1) is 18.9. The van der Waals surface area contributed by atoms with E-state index in [-0.39, 0.29) is 23.2 Å². The third-order valence-electron chi connectivity index (χ3n) is 8.36. The lowest BCUT2D eigenvalue weighted by atomic mass is 9.64. The molecule has 2 aromatic carbocycles. The number of aryl methyl sites for hydroxylation is 1. The number of aromatic nitrogens is 1. The third-order valence-corrected chi connectivity index (χ3v) is 9.25. The minimum absolute atomic E-state index is 0.169. The van der Waals surface area contributed by atoms with E-state index in [9.17, 15) is 14.4 Å². The number of nitrogens with zero attached hydrogens (tertiary/aromatic N) is 2. The Bertz CT molecular complexity index is 1690. The van der Waals surface area contributed by atoms with E-state index in [4.69, 9.17) is 0 Å². The Labute approximate surface area is 230 Å². The molecule has 3 aliphatic heterocycles. The average molecular weight is 532 g/mol. The van der Waals surface area contributed by atoms with Crippen LogP contribution in [0.5, 0.6) is 0 Å². The second kappa shape index (κ2) is 8.58. The summed E-state index contributed by atoms with van der Waals surface area (Å²) in [5.41, 5.74) is 4.29. The number of carbonyl (C=O) groups is 3. The second-order valence-corrected chi connectivity index (χ2v) is 11.4. The molecule has 7 rings (SSSR count). The number of benzene rings is 2. The smallest absolute Gasteiger partial charge is 0.238 e. The van der Waals surface area contributed by atoms with E-state index in [2.05, 4.69) is 22.4 Å². The SMILES string of the molecule is CC1=C[C@@H]2N(c3ccc(C)cc31)[C@H](C(=O)c1cccs1)[C@H](C(=O)c1ccccn1)[C@@]21C(=O)Nc2ccccc21. The quantitative estimate of drug-likeness (QED) is 0.342. The minimum Gasteiger partial charge on any atom is -0.352 e.